The van der Waals surface area contributed by atoms with Crippen LogP contribution in [0.4, 0.5) is 0 Å². The Morgan fingerprint density at radius 2 is 2.00 bits per heavy atom. The molecule has 0 aliphatic rings. The second-order valence-electron chi connectivity index (χ2n) is 2.29. The van der Waals surface area contributed by atoms with E-state index in [0.717, 1.165) is 0 Å². The fourth-order valence-corrected chi connectivity index (χ4v) is 0.696. The van der Waals surface area contributed by atoms with E-state index >= 15 is 0 Å². The van der Waals surface area contributed by atoms with Crippen molar-refractivity contribution in [2.24, 2.45) is 0 Å². The molecule has 0 aromatic heterocycles. The van der Waals surface area contributed by atoms with Crippen molar-refractivity contribution in [3.63, 3.8) is 0 Å². The smallest absolute Gasteiger partial charge is 0.0808 e. The van der Waals surface area contributed by atoms with E-state index in [9.17, 15) is 0 Å². The second-order valence-corrected chi connectivity index (χ2v) is 2.29. The Hall–Kier alpha value is -0.520. The lowest BCUT2D eigenvalue weighted by atomic mass is 10.1. The molecule has 0 amide bonds. The van der Waals surface area contributed by atoms with Crippen LogP contribution < -0.4 is 0 Å². The average Bonchev–Trinajstić information content (AvgIpc) is 1.98. The topological polar surface area (TPSA) is 40.5 Å². The molecule has 58 valence electrons. The summed E-state index contributed by atoms with van der Waals surface area (Å²) in [5.74, 6) is 2.41. The third-order valence-electron chi connectivity index (χ3n) is 1.45. The van der Waals surface area contributed by atoms with Crippen molar-refractivity contribution in [1.29, 1.82) is 0 Å². The normalized spacial score (nSPS) is 15.8. The monoisotopic (exact) mass is 142 g/mol. The first-order chi connectivity index (χ1) is 4.72. The summed E-state index contributed by atoms with van der Waals surface area (Å²) in [6.45, 7) is 1.82. The summed E-state index contributed by atoms with van der Waals surface area (Å²) >= 11 is 0. The molecule has 0 aromatic carbocycles. The van der Waals surface area contributed by atoms with Gasteiger partial charge in [0, 0.05) is 6.42 Å². The average molecular weight is 142 g/mol. The molecule has 10 heavy (non-hydrogen) atoms. The van der Waals surface area contributed by atoms with Crippen LogP contribution in [0.2, 0.25) is 0 Å². The minimum absolute atomic E-state index is 0.492. The van der Waals surface area contributed by atoms with Gasteiger partial charge in [-0.1, -0.05) is 6.92 Å². The zero-order valence-electron chi connectivity index (χ0n) is 6.25. The maximum atomic E-state index is 9.10. The molecule has 0 aliphatic heterocycles. The van der Waals surface area contributed by atoms with Gasteiger partial charge in [0.25, 0.3) is 0 Å². The maximum absolute atomic E-state index is 9.10. The van der Waals surface area contributed by atoms with Gasteiger partial charge >= 0.3 is 0 Å². The van der Waals surface area contributed by atoms with Crippen LogP contribution >= 0.6 is 0 Å². The molecule has 0 saturated heterocycles. The summed E-state index contributed by atoms with van der Waals surface area (Å²) in [4.78, 5) is 0. The van der Waals surface area contributed by atoms with E-state index in [4.69, 9.17) is 16.6 Å². The summed E-state index contributed by atoms with van der Waals surface area (Å²) in [5.41, 5.74) is 0. The number of rotatable bonds is 4. The first kappa shape index (κ1) is 9.48. The highest BCUT2D eigenvalue weighted by atomic mass is 16.3. The fraction of sp³-hybridized carbons (Fsp3) is 0.750. The standard InChI is InChI=1S/C8H14O2/c1-3-5-6-8(10)7(9)4-2/h1,7-10H,4-6H2,2H3. The van der Waals surface area contributed by atoms with Crippen molar-refractivity contribution in [3.8, 4) is 12.3 Å². The van der Waals surface area contributed by atoms with Gasteiger partial charge in [0.15, 0.2) is 0 Å². The van der Waals surface area contributed by atoms with Crippen LogP contribution in [-0.2, 0) is 0 Å². The summed E-state index contributed by atoms with van der Waals surface area (Å²) in [5, 5.41) is 18.1. The van der Waals surface area contributed by atoms with Crippen molar-refractivity contribution < 1.29 is 10.2 Å². The Kier molecular flexibility index (Phi) is 5.00. The molecule has 2 heteroatoms. The molecule has 2 unspecified atom stereocenters. The molecule has 0 spiro atoms. The predicted octanol–water partition coefficient (Wildman–Crippen LogP) is 0.532. The van der Waals surface area contributed by atoms with Crippen LogP contribution in [0.15, 0.2) is 0 Å². The Morgan fingerprint density at radius 1 is 1.40 bits per heavy atom. The zero-order chi connectivity index (χ0) is 7.98. The highest BCUT2D eigenvalue weighted by Gasteiger charge is 2.11. The van der Waals surface area contributed by atoms with Gasteiger partial charge in [-0.3, -0.25) is 0 Å². The highest BCUT2D eigenvalue weighted by molar-refractivity contribution is 4.85. The summed E-state index contributed by atoms with van der Waals surface area (Å²) in [6.07, 6.45) is 5.30. The molecule has 0 heterocycles. The van der Waals surface area contributed by atoms with Crippen LogP contribution in [0.1, 0.15) is 26.2 Å². The van der Waals surface area contributed by atoms with E-state index in [1.54, 1.807) is 0 Å². The Morgan fingerprint density at radius 3 is 2.40 bits per heavy atom. The number of aliphatic hydroxyl groups excluding tert-OH is 2. The van der Waals surface area contributed by atoms with E-state index in [0.29, 0.717) is 19.3 Å². The second kappa shape index (κ2) is 5.28. The van der Waals surface area contributed by atoms with Crippen molar-refractivity contribution >= 4 is 0 Å². The SMILES string of the molecule is C#CCCC(O)C(O)CC. The van der Waals surface area contributed by atoms with Gasteiger partial charge in [0.2, 0.25) is 0 Å². The van der Waals surface area contributed by atoms with E-state index in [2.05, 4.69) is 5.92 Å². The first-order valence-corrected chi connectivity index (χ1v) is 3.52. The van der Waals surface area contributed by atoms with Gasteiger partial charge in [-0.25, -0.2) is 0 Å². The Labute approximate surface area is 61.9 Å². The van der Waals surface area contributed by atoms with E-state index in [1.807, 2.05) is 6.92 Å². The maximum Gasteiger partial charge on any atom is 0.0808 e. The summed E-state index contributed by atoms with van der Waals surface area (Å²) < 4.78 is 0. The van der Waals surface area contributed by atoms with Crippen LogP contribution in [0.5, 0.6) is 0 Å². The molecule has 0 bridgehead atoms. The van der Waals surface area contributed by atoms with Crippen LogP contribution in [0.3, 0.4) is 0 Å². The largest absolute Gasteiger partial charge is 0.390 e. The third-order valence-corrected chi connectivity index (χ3v) is 1.45. The minimum atomic E-state index is -0.652. The Balaban J connectivity index is 3.43. The minimum Gasteiger partial charge on any atom is -0.390 e. The highest BCUT2D eigenvalue weighted by Crippen LogP contribution is 2.04. The number of terminal acetylenes is 1. The van der Waals surface area contributed by atoms with Crippen LogP contribution in [0.25, 0.3) is 0 Å². The number of aliphatic hydroxyl groups is 2. The van der Waals surface area contributed by atoms with Crippen LogP contribution in [0, 0.1) is 12.3 Å². The lowest BCUT2D eigenvalue weighted by Crippen LogP contribution is -2.24. The molecular weight excluding hydrogens is 128 g/mol. The van der Waals surface area contributed by atoms with Crippen molar-refractivity contribution in [1.82, 2.24) is 0 Å². The van der Waals surface area contributed by atoms with Crippen molar-refractivity contribution in [2.45, 2.75) is 38.4 Å². The number of hydrogen-bond acceptors (Lipinski definition) is 2. The molecule has 0 saturated carbocycles. The van der Waals surface area contributed by atoms with Gasteiger partial charge in [-0.05, 0) is 12.8 Å². The van der Waals surface area contributed by atoms with Gasteiger partial charge in [-0.2, -0.15) is 0 Å². The fourth-order valence-electron chi connectivity index (χ4n) is 0.696. The summed E-state index contributed by atoms with van der Waals surface area (Å²) in [7, 11) is 0. The molecule has 0 radical (unpaired) electrons. The van der Waals surface area contributed by atoms with Gasteiger partial charge in [0.1, 0.15) is 0 Å². The van der Waals surface area contributed by atoms with E-state index < -0.39 is 12.2 Å². The third kappa shape index (κ3) is 3.49. The molecule has 0 fully saturated rings. The molecular formula is C8H14O2. The van der Waals surface area contributed by atoms with Crippen LogP contribution in [-0.4, -0.2) is 22.4 Å². The van der Waals surface area contributed by atoms with Gasteiger partial charge < -0.3 is 10.2 Å². The van der Waals surface area contributed by atoms with Crippen molar-refractivity contribution in [2.75, 3.05) is 0 Å². The Bertz CT molecular complexity index is 115. The molecule has 2 atom stereocenters. The molecule has 0 aliphatic carbocycles. The molecule has 2 nitrogen and oxygen atoms in total. The quantitative estimate of drug-likeness (QED) is 0.562. The van der Waals surface area contributed by atoms with E-state index in [1.165, 1.54) is 0 Å². The lowest BCUT2D eigenvalue weighted by Gasteiger charge is -2.13. The zero-order valence-corrected chi connectivity index (χ0v) is 6.25. The van der Waals surface area contributed by atoms with Gasteiger partial charge in [0.05, 0.1) is 12.2 Å². The summed E-state index contributed by atoms with van der Waals surface area (Å²) in [6, 6.07) is 0. The van der Waals surface area contributed by atoms with E-state index in [-0.39, 0.29) is 0 Å². The molecule has 0 aromatic rings. The van der Waals surface area contributed by atoms with Gasteiger partial charge in [-0.15, -0.1) is 12.3 Å². The lowest BCUT2D eigenvalue weighted by molar-refractivity contribution is 0.0137. The first-order valence-electron chi connectivity index (χ1n) is 3.52. The number of hydrogen-bond donors (Lipinski definition) is 2. The predicted molar refractivity (Wildman–Crippen MR) is 40.4 cm³/mol. The molecule has 0 rings (SSSR count). The molecule has 2 N–H and O–H groups in total. The van der Waals surface area contributed by atoms with Crippen molar-refractivity contribution in [3.05, 3.63) is 0 Å².